The molecule has 1 aliphatic rings. The van der Waals surface area contributed by atoms with Crippen LogP contribution in [0.25, 0.3) is 11.1 Å². The third kappa shape index (κ3) is 5.04. The van der Waals surface area contributed by atoms with Gasteiger partial charge in [-0.25, -0.2) is 4.98 Å². The molecule has 3 heterocycles. The number of ether oxygens (including phenoxy) is 2. The van der Waals surface area contributed by atoms with Gasteiger partial charge < -0.3 is 29.7 Å². The van der Waals surface area contributed by atoms with Crippen molar-refractivity contribution >= 4 is 5.91 Å². The molecule has 0 aliphatic carbocycles. The van der Waals surface area contributed by atoms with Crippen LogP contribution >= 0.6 is 0 Å². The van der Waals surface area contributed by atoms with Crippen LogP contribution in [0.4, 0.5) is 0 Å². The van der Waals surface area contributed by atoms with Gasteiger partial charge in [-0.05, 0) is 43.9 Å². The van der Waals surface area contributed by atoms with Gasteiger partial charge in [0, 0.05) is 31.0 Å². The summed E-state index contributed by atoms with van der Waals surface area (Å²) in [7, 11) is 3.02. The molecule has 0 spiro atoms. The van der Waals surface area contributed by atoms with Gasteiger partial charge in [-0.1, -0.05) is 25.5 Å². The van der Waals surface area contributed by atoms with E-state index in [-0.39, 0.29) is 24.4 Å². The fourth-order valence-corrected chi connectivity index (χ4v) is 4.85. The van der Waals surface area contributed by atoms with E-state index in [4.69, 9.17) is 9.47 Å². The molecule has 3 aromatic rings. The van der Waals surface area contributed by atoms with Crippen molar-refractivity contribution in [3.05, 3.63) is 59.5 Å². The Morgan fingerprint density at radius 3 is 2.30 bits per heavy atom. The molecule has 1 aliphatic heterocycles. The summed E-state index contributed by atoms with van der Waals surface area (Å²) < 4.78 is 11.1. The Labute approximate surface area is 216 Å². The van der Waals surface area contributed by atoms with E-state index in [0.29, 0.717) is 53.1 Å². The molecular weight excluding hydrogens is 474 g/mol. The van der Waals surface area contributed by atoms with Gasteiger partial charge in [-0.3, -0.25) is 9.78 Å². The highest BCUT2D eigenvalue weighted by molar-refractivity contribution is 6.02. The zero-order chi connectivity index (χ0) is 26.6. The lowest BCUT2D eigenvalue weighted by atomic mass is 9.85. The number of rotatable bonds is 8. The van der Waals surface area contributed by atoms with Crippen molar-refractivity contribution in [1.82, 2.24) is 14.9 Å². The zero-order valence-electron chi connectivity index (χ0n) is 21.4. The number of methoxy groups -OCH3 is 2. The van der Waals surface area contributed by atoms with Gasteiger partial charge in [0.15, 0.2) is 0 Å². The average molecular weight is 508 g/mol. The van der Waals surface area contributed by atoms with E-state index in [1.165, 1.54) is 19.1 Å². The van der Waals surface area contributed by atoms with Crippen LogP contribution in [0.15, 0.2) is 42.7 Å². The van der Waals surface area contributed by atoms with Crippen molar-refractivity contribution in [1.29, 1.82) is 0 Å². The van der Waals surface area contributed by atoms with Crippen molar-refractivity contribution in [2.45, 2.75) is 44.6 Å². The van der Waals surface area contributed by atoms with Gasteiger partial charge in [0.05, 0.1) is 36.6 Å². The van der Waals surface area contributed by atoms with Crippen LogP contribution in [-0.4, -0.2) is 63.4 Å². The summed E-state index contributed by atoms with van der Waals surface area (Å²) in [5.41, 5.74) is 0.513. The highest BCUT2D eigenvalue weighted by atomic mass is 16.5. The molecule has 0 unspecified atom stereocenters. The average Bonchev–Trinajstić information content (AvgIpc) is 2.92. The van der Waals surface area contributed by atoms with E-state index < -0.39 is 17.4 Å². The second-order valence-corrected chi connectivity index (χ2v) is 9.19. The third-order valence-electron chi connectivity index (χ3n) is 6.96. The van der Waals surface area contributed by atoms with Crippen LogP contribution in [0.5, 0.6) is 23.1 Å². The predicted molar refractivity (Wildman–Crippen MR) is 138 cm³/mol. The maximum Gasteiger partial charge on any atom is 0.263 e. The molecule has 1 amide bonds. The number of benzene rings is 1. The zero-order valence-corrected chi connectivity index (χ0v) is 21.4. The van der Waals surface area contributed by atoms with Crippen LogP contribution in [-0.2, 0) is 12.0 Å². The smallest absolute Gasteiger partial charge is 0.263 e. The lowest BCUT2D eigenvalue weighted by Crippen LogP contribution is -2.45. The number of carbonyl (C=O) groups is 1. The number of amides is 1. The van der Waals surface area contributed by atoms with E-state index in [1.54, 1.807) is 36.7 Å². The Balaban J connectivity index is 1.74. The van der Waals surface area contributed by atoms with Gasteiger partial charge >= 0.3 is 0 Å². The van der Waals surface area contributed by atoms with Crippen LogP contribution in [0.2, 0.25) is 0 Å². The first-order chi connectivity index (χ1) is 17.8. The van der Waals surface area contributed by atoms with Crippen molar-refractivity contribution in [3.8, 4) is 34.3 Å². The molecule has 2 aromatic heterocycles. The number of aromatic hydroxyl groups is 2. The molecule has 196 valence electrons. The summed E-state index contributed by atoms with van der Waals surface area (Å²) in [6, 6.07) is 8.81. The minimum absolute atomic E-state index is 0.230. The molecule has 4 rings (SSSR count). The van der Waals surface area contributed by atoms with E-state index >= 15 is 0 Å². The summed E-state index contributed by atoms with van der Waals surface area (Å²) >= 11 is 0. The van der Waals surface area contributed by atoms with Crippen molar-refractivity contribution in [2.24, 2.45) is 0 Å². The Morgan fingerprint density at radius 2 is 1.73 bits per heavy atom. The number of aromatic nitrogens is 2. The Hall–Kier alpha value is -3.85. The summed E-state index contributed by atoms with van der Waals surface area (Å²) in [5, 5.41) is 33.5. The van der Waals surface area contributed by atoms with Crippen LogP contribution in [0.1, 0.15) is 54.2 Å². The number of piperidine rings is 1. The lowest BCUT2D eigenvalue weighted by Gasteiger charge is -2.38. The largest absolute Gasteiger partial charge is 0.506 e. The number of aryl methyl sites for hydroxylation is 1. The van der Waals surface area contributed by atoms with E-state index in [0.717, 1.165) is 12.8 Å². The molecule has 9 nitrogen and oxygen atoms in total. The number of carbonyl (C=O) groups excluding carboxylic acids is 1. The Morgan fingerprint density at radius 1 is 1.05 bits per heavy atom. The number of aliphatic hydroxyl groups is 1. The number of pyridine rings is 2. The van der Waals surface area contributed by atoms with Crippen LogP contribution in [0.3, 0.4) is 0 Å². The molecule has 37 heavy (non-hydrogen) atoms. The fraction of sp³-hybridized carbons (Fsp3) is 0.393. The maximum absolute atomic E-state index is 13.6. The number of unbranched alkanes of at least 4 members (excludes halogenated alkanes) is 1. The van der Waals surface area contributed by atoms with Crippen LogP contribution in [0, 0.1) is 0 Å². The minimum atomic E-state index is -1.10. The second-order valence-electron chi connectivity index (χ2n) is 9.19. The molecule has 9 heteroatoms. The van der Waals surface area contributed by atoms with Gasteiger partial charge in [-0.2, -0.15) is 0 Å². The predicted octanol–water partition coefficient (Wildman–Crippen LogP) is 4.04. The van der Waals surface area contributed by atoms with Gasteiger partial charge in [0.25, 0.3) is 5.91 Å². The van der Waals surface area contributed by atoms with Gasteiger partial charge in [0.2, 0.25) is 5.88 Å². The Kier molecular flexibility index (Phi) is 7.83. The topological polar surface area (TPSA) is 125 Å². The number of likely N-dealkylation sites (tertiary alicyclic amines) is 1. The quantitative estimate of drug-likeness (QED) is 0.417. The molecule has 1 fully saturated rings. The summed E-state index contributed by atoms with van der Waals surface area (Å²) in [5.74, 6) is -0.581. The van der Waals surface area contributed by atoms with Crippen LogP contribution < -0.4 is 9.47 Å². The summed E-state index contributed by atoms with van der Waals surface area (Å²) in [6.45, 7) is 2.49. The Bertz CT molecular complexity index is 1230. The standard InChI is InChI=1S/C28H33N3O6/c1-4-5-9-19-22(23-20(36-2)10-6-11-21(23)37-3)25(32)24(26(33)30-19)27(34)31-15-12-28(35,13-16-31)18-8-7-14-29-17-18/h6-8,10-11,14,17,35H,4-5,9,12-13,15-16H2,1-3H3,(H2,30,32,33). The van der Waals surface area contributed by atoms with E-state index in [2.05, 4.69) is 9.97 Å². The third-order valence-corrected chi connectivity index (χ3v) is 6.96. The second kappa shape index (κ2) is 11.0. The lowest BCUT2D eigenvalue weighted by molar-refractivity contribution is -0.0214. The van der Waals surface area contributed by atoms with Gasteiger partial charge in [0.1, 0.15) is 22.8 Å². The maximum atomic E-state index is 13.6. The van der Waals surface area contributed by atoms with Gasteiger partial charge in [-0.15, -0.1) is 0 Å². The fourth-order valence-electron chi connectivity index (χ4n) is 4.85. The summed E-state index contributed by atoms with van der Waals surface area (Å²) in [6.07, 6.45) is 5.97. The first kappa shape index (κ1) is 26.2. The highest BCUT2D eigenvalue weighted by Gasteiger charge is 2.38. The molecule has 3 N–H and O–H groups in total. The SMILES string of the molecule is CCCCc1nc(O)c(C(=O)N2CCC(O)(c3cccnc3)CC2)c(O)c1-c1c(OC)cccc1OC. The van der Waals surface area contributed by atoms with Crippen molar-refractivity contribution < 1.29 is 29.6 Å². The monoisotopic (exact) mass is 507 g/mol. The van der Waals surface area contributed by atoms with E-state index in [9.17, 15) is 20.1 Å². The normalized spacial score (nSPS) is 14.9. The molecule has 1 saturated heterocycles. The molecule has 0 bridgehead atoms. The molecule has 1 aromatic carbocycles. The molecular formula is C28H33N3O6. The number of hydrogen-bond donors (Lipinski definition) is 3. The number of hydrogen-bond acceptors (Lipinski definition) is 8. The van der Waals surface area contributed by atoms with Crippen molar-refractivity contribution in [3.63, 3.8) is 0 Å². The minimum Gasteiger partial charge on any atom is -0.506 e. The molecule has 0 atom stereocenters. The summed E-state index contributed by atoms with van der Waals surface area (Å²) in [4.78, 5) is 23.6. The first-order valence-electron chi connectivity index (χ1n) is 12.4. The molecule has 0 radical (unpaired) electrons. The first-order valence-corrected chi connectivity index (χ1v) is 12.4. The van der Waals surface area contributed by atoms with Crippen molar-refractivity contribution in [2.75, 3.05) is 27.3 Å². The highest BCUT2D eigenvalue weighted by Crippen LogP contribution is 2.47. The molecule has 0 saturated carbocycles. The van der Waals surface area contributed by atoms with E-state index in [1.807, 2.05) is 13.0 Å². The number of nitrogens with zero attached hydrogens (tertiary/aromatic N) is 3.